The second-order valence-electron chi connectivity index (χ2n) is 4.81. The molecule has 2 aromatic rings. The predicted molar refractivity (Wildman–Crippen MR) is 94.2 cm³/mol. The molecule has 0 atom stereocenters. The Bertz CT molecular complexity index is 791. The van der Waals surface area contributed by atoms with Gasteiger partial charge < -0.3 is 15.4 Å². The minimum absolute atomic E-state index is 0.0380. The van der Waals surface area contributed by atoms with Crippen LogP contribution in [0.4, 0.5) is 10.8 Å². The smallest absolute Gasteiger partial charge is 0.358 e. The van der Waals surface area contributed by atoms with Crippen molar-refractivity contribution >= 4 is 55.9 Å². The van der Waals surface area contributed by atoms with Gasteiger partial charge in [0.25, 0.3) is 5.91 Å². The van der Waals surface area contributed by atoms with E-state index in [1.54, 1.807) is 12.1 Å². The number of hydrogen-bond acceptors (Lipinski definition) is 6. The highest BCUT2D eigenvalue weighted by atomic mass is 79.9. The summed E-state index contributed by atoms with van der Waals surface area (Å²) in [6.45, 7) is 2.81. The molecule has 0 aliphatic heterocycles. The predicted octanol–water partition coefficient (Wildman–Crippen LogP) is 2.97. The number of rotatable bonds is 5. The molecule has 126 valence electrons. The van der Waals surface area contributed by atoms with E-state index >= 15 is 0 Å². The quantitative estimate of drug-likeness (QED) is 0.736. The number of anilines is 2. The number of nitrogens with one attached hydrogen (secondary N) is 2. The maximum Gasteiger partial charge on any atom is 0.358 e. The Morgan fingerprint density at radius 2 is 2.04 bits per heavy atom. The fourth-order valence-corrected chi connectivity index (χ4v) is 2.67. The average molecular weight is 412 g/mol. The zero-order chi connectivity index (χ0) is 17.7. The average Bonchev–Trinajstić information content (AvgIpc) is 2.96. The number of carbonyl (C=O) groups is 3. The lowest BCUT2D eigenvalue weighted by atomic mass is 10.2. The molecule has 1 aromatic heterocycles. The van der Waals surface area contributed by atoms with Crippen molar-refractivity contribution in [2.24, 2.45) is 0 Å². The van der Waals surface area contributed by atoms with Crippen molar-refractivity contribution in [1.29, 1.82) is 0 Å². The highest BCUT2D eigenvalue weighted by molar-refractivity contribution is 9.10. The lowest BCUT2D eigenvalue weighted by Crippen LogP contribution is -2.21. The number of ether oxygens (including phenoxy) is 1. The van der Waals surface area contributed by atoms with Crippen molar-refractivity contribution in [3.63, 3.8) is 0 Å². The van der Waals surface area contributed by atoms with Crippen LogP contribution in [0.25, 0.3) is 0 Å². The van der Waals surface area contributed by atoms with Gasteiger partial charge in [-0.2, -0.15) is 0 Å². The fraction of sp³-hybridized carbons (Fsp3) is 0.200. The van der Waals surface area contributed by atoms with Gasteiger partial charge in [-0.15, -0.1) is 11.3 Å². The standard InChI is InChI=1S/C15H14BrN3O4S/c1-8-5-10(3-4-11(8)16)18-13(21)6-23-14(22)12-7-24-15(19-12)17-9(2)20/h3-5,7H,6H2,1-2H3,(H,18,21)(H,17,19,20). The van der Waals surface area contributed by atoms with Gasteiger partial charge in [0, 0.05) is 22.5 Å². The van der Waals surface area contributed by atoms with Crippen LogP contribution in [0.2, 0.25) is 0 Å². The van der Waals surface area contributed by atoms with Crippen LogP contribution in [0.15, 0.2) is 28.1 Å². The number of carbonyl (C=O) groups excluding carboxylic acids is 3. The van der Waals surface area contributed by atoms with E-state index < -0.39 is 18.5 Å². The van der Waals surface area contributed by atoms with Gasteiger partial charge in [0.1, 0.15) is 0 Å². The molecule has 1 aromatic carbocycles. The van der Waals surface area contributed by atoms with Crippen LogP contribution in [-0.4, -0.2) is 29.4 Å². The lowest BCUT2D eigenvalue weighted by molar-refractivity contribution is -0.119. The lowest BCUT2D eigenvalue weighted by Gasteiger charge is -2.07. The minimum atomic E-state index is -0.731. The number of nitrogens with zero attached hydrogens (tertiary/aromatic N) is 1. The van der Waals surface area contributed by atoms with Gasteiger partial charge in [-0.3, -0.25) is 9.59 Å². The molecule has 2 amide bonds. The van der Waals surface area contributed by atoms with Crippen molar-refractivity contribution in [2.75, 3.05) is 17.2 Å². The zero-order valence-electron chi connectivity index (χ0n) is 12.9. The maximum atomic E-state index is 11.8. The van der Waals surface area contributed by atoms with Gasteiger partial charge in [0.05, 0.1) is 0 Å². The molecular weight excluding hydrogens is 398 g/mol. The summed E-state index contributed by atoms with van der Waals surface area (Å²) in [5.74, 6) is -1.47. The van der Waals surface area contributed by atoms with Crippen molar-refractivity contribution < 1.29 is 19.1 Å². The summed E-state index contributed by atoms with van der Waals surface area (Å²) in [4.78, 5) is 38.5. The summed E-state index contributed by atoms with van der Waals surface area (Å²) in [6.07, 6.45) is 0. The second-order valence-corrected chi connectivity index (χ2v) is 6.52. The normalized spacial score (nSPS) is 10.1. The Hall–Kier alpha value is -2.26. The summed E-state index contributed by atoms with van der Waals surface area (Å²) in [5.41, 5.74) is 1.62. The number of hydrogen-bond donors (Lipinski definition) is 2. The SMILES string of the molecule is CC(=O)Nc1nc(C(=O)OCC(=O)Nc2ccc(Br)c(C)c2)cs1. The topological polar surface area (TPSA) is 97.4 Å². The first kappa shape index (κ1) is 18.1. The van der Waals surface area contributed by atoms with E-state index in [4.69, 9.17) is 4.74 Å². The van der Waals surface area contributed by atoms with Crippen molar-refractivity contribution in [3.8, 4) is 0 Å². The molecule has 2 N–H and O–H groups in total. The van der Waals surface area contributed by atoms with E-state index in [0.717, 1.165) is 21.4 Å². The monoisotopic (exact) mass is 411 g/mol. The second kappa shape index (κ2) is 8.02. The molecule has 0 spiro atoms. The molecular formula is C15H14BrN3O4S. The number of esters is 1. The largest absolute Gasteiger partial charge is 0.451 e. The molecule has 0 saturated carbocycles. The first-order valence-electron chi connectivity index (χ1n) is 6.81. The van der Waals surface area contributed by atoms with Crippen molar-refractivity contribution in [3.05, 3.63) is 39.3 Å². The molecule has 0 radical (unpaired) electrons. The summed E-state index contributed by atoms with van der Waals surface area (Å²) in [5, 5.41) is 6.84. The summed E-state index contributed by atoms with van der Waals surface area (Å²) >= 11 is 4.47. The first-order valence-corrected chi connectivity index (χ1v) is 8.48. The highest BCUT2D eigenvalue weighted by Crippen LogP contribution is 2.20. The highest BCUT2D eigenvalue weighted by Gasteiger charge is 2.15. The Morgan fingerprint density at radius 1 is 1.29 bits per heavy atom. The molecule has 0 bridgehead atoms. The van der Waals surface area contributed by atoms with Gasteiger partial charge in [-0.1, -0.05) is 15.9 Å². The van der Waals surface area contributed by atoms with Crippen molar-refractivity contribution in [1.82, 2.24) is 4.98 Å². The van der Waals surface area contributed by atoms with E-state index in [-0.39, 0.29) is 11.6 Å². The van der Waals surface area contributed by atoms with E-state index in [2.05, 4.69) is 31.5 Å². The van der Waals surface area contributed by atoms with Crippen LogP contribution < -0.4 is 10.6 Å². The van der Waals surface area contributed by atoms with Gasteiger partial charge >= 0.3 is 5.97 Å². The number of thiazole rings is 1. The van der Waals surface area contributed by atoms with E-state index in [1.807, 2.05) is 13.0 Å². The van der Waals surface area contributed by atoms with Gasteiger partial charge in [-0.05, 0) is 30.7 Å². The third-order valence-electron chi connectivity index (χ3n) is 2.77. The molecule has 1 heterocycles. The Morgan fingerprint density at radius 3 is 2.71 bits per heavy atom. The van der Waals surface area contributed by atoms with Crippen LogP contribution >= 0.6 is 27.3 Å². The van der Waals surface area contributed by atoms with E-state index in [0.29, 0.717) is 10.8 Å². The van der Waals surface area contributed by atoms with Crippen LogP contribution in [-0.2, 0) is 14.3 Å². The first-order chi connectivity index (χ1) is 11.3. The number of amides is 2. The fourth-order valence-electron chi connectivity index (χ4n) is 1.70. The molecule has 24 heavy (non-hydrogen) atoms. The molecule has 7 nitrogen and oxygen atoms in total. The third-order valence-corrected chi connectivity index (χ3v) is 4.42. The number of aromatic nitrogens is 1. The maximum absolute atomic E-state index is 11.8. The van der Waals surface area contributed by atoms with Crippen LogP contribution in [0, 0.1) is 6.92 Å². The molecule has 2 rings (SSSR count). The Labute approximate surface area is 150 Å². The van der Waals surface area contributed by atoms with E-state index in [9.17, 15) is 14.4 Å². The molecule has 0 fully saturated rings. The van der Waals surface area contributed by atoms with Gasteiger partial charge in [-0.25, -0.2) is 9.78 Å². The van der Waals surface area contributed by atoms with Crippen LogP contribution in [0.3, 0.4) is 0 Å². The van der Waals surface area contributed by atoms with Crippen molar-refractivity contribution in [2.45, 2.75) is 13.8 Å². The Balaban J connectivity index is 1.86. The minimum Gasteiger partial charge on any atom is -0.451 e. The zero-order valence-corrected chi connectivity index (χ0v) is 15.3. The van der Waals surface area contributed by atoms with Gasteiger partial charge in [0.2, 0.25) is 5.91 Å². The van der Waals surface area contributed by atoms with Gasteiger partial charge in [0.15, 0.2) is 17.4 Å². The molecule has 0 unspecified atom stereocenters. The van der Waals surface area contributed by atoms with Crippen LogP contribution in [0.5, 0.6) is 0 Å². The Kier molecular flexibility index (Phi) is 6.04. The van der Waals surface area contributed by atoms with E-state index in [1.165, 1.54) is 12.3 Å². The molecule has 0 aliphatic carbocycles. The summed E-state index contributed by atoms with van der Waals surface area (Å²) in [7, 11) is 0. The number of benzene rings is 1. The molecule has 0 saturated heterocycles. The van der Waals surface area contributed by atoms with Crippen LogP contribution in [0.1, 0.15) is 23.0 Å². The molecule has 9 heteroatoms. The summed E-state index contributed by atoms with van der Waals surface area (Å²) in [6, 6.07) is 5.34. The summed E-state index contributed by atoms with van der Waals surface area (Å²) < 4.78 is 5.84. The third kappa shape index (κ3) is 5.14. The number of aryl methyl sites for hydroxylation is 1. The molecule has 0 aliphatic rings. The number of halogens is 1.